The number of benzene rings is 3. The highest BCUT2D eigenvalue weighted by molar-refractivity contribution is 7.92. The molecule has 214 valence electrons. The largest absolute Gasteiger partial charge is 0.354 e. The topological polar surface area (TPSA) is 86.8 Å². The van der Waals surface area contributed by atoms with Gasteiger partial charge in [0.15, 0.2) is 0 Å². The van der Waals surface area contributed by atoms with Crippen molar-refractivity contribution in [2.75, 3.05) is 17.4 Å². The molecule has 0 unspecified atom stereocenters. The SMILES string of the molecule is Cc1ccc(S(=O)(=O)N(CC(=O)N(Cc2ccc(Cl)cc2)[C@@H](C)C(=O)NCC(C)C)c2cccc(Cl)c2Cl)cc1. The fourth-order valence-corrected chi connectivity index (χ4v) is 5.86. The molecule has 3 aromatic carbocycles. The van der Waals surface area contributed by atoms with Gasteiger partial charge in [-0.1, -0.05) is 84.5 Å². The number of rotatable bonds is 11. The van der Waals surface area contributed by atoms with Crippen molar-refractivity contribution >= 4 is 62.3 Å². The Balaban J connectivity index is 2.05. The molecule has 2 amide bonds. The van der Waals surface area contributed by atoms with Crippen LogP contribution in [0.25, 0.3) is 0 Å². The third-order valence-corrected chi connectivity index (χ3v) is 9.04. The van der Waals surface area contributed by atoms with Crippen LogP contribution in [0, 0.1) is 12.8 Å². The van der Waals surface area contributed by atoms with Crippen molar-refractivity contribution in [2.24, 2.45) is 5.92 Å². The first-order valence-corrected chi connectivity index (χ1v) is 15.2. The van der Waals surface area contributed by atoms with Crippen molar-refractivity contribution in [1.82, 2.24) is 10.2 Å². The molecule has 0 radical (unpaired) electrons. The van der Waals surface area contributed by atoms with E-state index in [4.69, 9.17) is 34.8 Å². The molecular formula is C29H32Cl3N3O4S. The number of anilines is 1. The lowest BCUT2D eigenvalue weighted by atomic mass is 10.1. The lowest BCUT2D eigenvalue weighted by Gasteiger charge is -2.32. The van der Waals surface area contributed by atoms with E-state index in [1.807, 2.05) is 20.8 Å². The number of hydrogen-bond donors (Lipinski definition) is 1. The van der Waals surface area contributed by atoms with Crippen LogP contribution in [0.4, 0.5) is 5.69 Å². The lowest BCUT2D eigenvalue weighted by Crippen LogP contribution is -2.51. The quantitative estimate of drug-likeness (QED) is 0.270. The van der Waals surface area contributed by atoms with Crippen LogP contribution in [0.3, 0.4) is 0 Å². The van der Waals surface area contributed by atoms with Gasteiger partial charge in [-0.25, -0.2) is 8.42 Å². The Morgan fingerprint density at radius 2 is 1.52 bits per heavy atom. The van der Waals surface area contributed by atoms with E-state index in [-0.39, 0.29) is 39.0 Å². The molecule has 7 nitrogen and oxygen atoms in total. The Morgan fingerprint density at radius 1 is 0.900 bits per heavy atom. The standard InChI is InChI=1S/C29H32Cl3N3O4S/c1-19(2)16-33-29(37)21(4)34(17-22-10-12-23(30)13-11-22)27(36)18-35(26-7-5-6-25(31)28(26)32)40(38,39)24-14-8-20(3)9-15-24/h5-15,19,21H,16-18H2,1-4H3,(H,33,37)/t21-/m0/s1. The molecule has 40 heavy (non-hydrogen) atoms. The first kappa shape index (κ1) is 31.7. The van der Waals surface area contributed by atoms with E-state index in [9.17, 15) is 18.0 Å². The van der Waals surface area contributed by atoms with Crippen LogP contribution in [-0.2, 0) is 26.2 Å². The van der Waals surface area contributed by atoms with Crippen LogP contribution in [0.15, 0.2) is 71.6 Å². The minimum Gasteiger partial charge on any atom is -0.354 e. The molecule has 0 aliphatic carbocycles. The summed E-state index contributed by atoms with van der Waals surface area (Å²) >= 11 is 18.7. The monoisotopic (exact) mass is 623 g/mol. The molecule has 0 spiro atoms. The molecule has 0 heterocycles. The van der Waals surface area contributed by atoms with Gasteiger partial charge in [0.05, 0.1) is 20.6 Å². The van der Waals surface area contributed by atoms with Gasteiger partial charge < -0.3 is 10.2 Å². The maximum absolute atomic E-state index is 13.9. The number of carbonyl (C=O) groups excluding carboxylic acids is 2. The third-order valence-electron chi connectivity index (χ3n) is 6.21. The highest BCUT2D eigenvalue weighted by atomic mass is 35.5. The molecule has 0 bridgehead atoms. The number of sulfonamides is 1. The molecule has 1 N–H and O–H groups in total. The van der Waals surface area contributed by atoms with Crippen molar-refractivity contribution in [3.63, 3.8) is 0 Å². The van der Waals surface area contributed by atoms with Crippen LogP contribution in [0.1, 0.15) is 31.9 Å². The molecule has 0 saturated carbocycles. The molecule has 11 heteroatoms. The van der Waals surface area contributed by atoms with Gasteiger partial charge in [0.25, 0.3) is 10.0 Å². The first-order valence-electron chi connectivity index (χ1n) is 12.7. The zero-order valence-corrected chi connectivity index (χ0v) is 25.8. The summed E-state index contributed by atoms with van der Waals surface area (Å²) in [5, 5.41) is 3.49. The summed E-state index contributed by atoms with van der Waals surface area (Å²) in [6, 6.07) is 16.8. The van der Waals surface area contributed by atoms with Crippen LogP contribution in [0.5, 0.6) is 0 Å². The summed E-state index contributed by atoms with van der Waals surface area (Å²) in [4.78, 5) is 28.3. The molecule has 3 aromatic rings. The normalized spacial score (nSPS) is 12.2. The zero-order chi connectivity index (χ0) is 29.6. The van der Waals surface area contributed by atoms with Gasteiger partial charge in [0, 0.05) is 18.1 Å². The second kappa shape index (κ2) is 13.7. The van der Waals surface area contributed by atoms with Gasteiger partial charge in [0.2, 0.25) is 11.8 Å². The maximum atomic E-state index is 13.9. The van der Waals surface area contributed by atoms with Gasteiger partial charge in [-0.05, 0) is 61.7 Å². The molecule has 1 atom stereocenters. The zero-order valence-electron chi connectivity index (χ0n) is 22.7. The lowest BCUT2D eigenvalue weighted by molar-refractivity contribution is -0.139. The Morgan fingerprint density at radius 3 is 2.12 bits per heavy atom. The number of amides is 2. The van der Waals surface area contributed by atoms with Crippen molar-refractivity contribution in [3.05, 3.63) is 92.9 Å². The van der Waals surface area contributed by atoms with Gasteiger partial charge in [0.1, 0.15) is 12.6 Å². The summed E-state index contributed by atoms with van der Waals surface area (Å²) in [5.41, 5.74) is 1.64. The Hall–Kier alpha value is -2.78. The molecule has 0 fully saturated rings. The molecule has 0 aromatic heterocycles. The van der Waals surface area contributed by atoms with Crippen molar-refractivity contribution in [2.45, 2.75) is 45.2 Å². The Bertz CT molecular complexity index is 1450. The van der Waals surface area contributed by atoms with E-state index in [1.54, 1.807) is 49.4 Å². The van der Waals surface area contributed by atoms with E-state index >= 15 is 0 Å². The van der Waals surface area contributed by atoms with Crippen LogP contribution in [-0.4, -0.2) is 44.3 Å². The van der Waals surface area contributed by atoms with Gasteiger partial charge in [-0.3, -0.25) is 13.9 Å². The fraction of sp³-hybridized carbons (Fsp3) is 0.310. The second-order valence-corrected chi connectivity index (χ2v) is 12.9. The highest BCUT2D eigenvalue weighted by Crippen LogP contribution is 2.35. The Kier molecular flexibility index (Phi) is 10.9. The van der Waals surface area contributed by atoms with Crippen molar-refractivity contribution in [1.29, 1.82) is 0 Å². The van der Waals surface area contributed by atoms with Gasteiger partial charge in [-0.15, -0.1) is 0 Å². The summed E-state index contributed by atoms with van der Waals surface area (Å²) in [5.74, 6) is -0.754. The number of nitrogens with one attached hydrogen (secondary N) is 1. The van der Waals surface area contributed by atoms with Crippen molar-refractivity contribution < 1.29 is 18.0 Å². The van der Waals surface area contributed by atoms with Crippen LogP contribution < -0.4 is 9.62 Å². The predicted molar refractivity (Wildman–Crippen MR) is 161 cm³/mol. The van der Waals surface area contributed by atoms with Gasteiger partial charge >= 0.3 is 0 Å². The smallest absolute Gasteiger partial charge is 0.264 e. The molecule has 3 rings (SSSR count). The molecule has 0 saturated heterocycles. The third kappa shape index (κ3) is 7.91. The second-order valence-electron chi connectivity index (χ2n) is 9.86. The maximum Gasteiger partial charge on any atom is 0.264 e. The fourth-order valence-electron chi connectivity index (χ4n) is 3.86. The van der Waals surface area contributed by atoms with E-state index in [1.165, 1.54) is 29.2 Å². The van der Waals surface area contributed by atoms with Crippen LogP contribution >= 0.6 is 34.8 Å². The van der Waals surface area contributed by atoms with E-state index in [0.29, 0.717) is 11.6 Å². The number of halogens is 3. The minimum absolute atomic E-state index is 0.0142. The van der Waals surface area contributed by atoms with Crippen LogP contribution in [0.2, 0.25) is 15.1 Å². The molecule has 0 aliphatic rings. The number of nitrogens with zero attached hydrogens (tertiary/aromatic N) is 2. The molecule has 0 aliphatic heterocycles. The van der Waals surface area contributed by atoms with E-state index in [0.717, 1.165) is 15.4 Å². The summed E-state index contributed by atoms with van der Waals surface area (Å²) < 4.78 is 28.7. The minimum atomic E-state index is -4.26. The summed E-state index contributed by atoms with van der Waals surface area (Å²) in [6.07, 6.45) is 0. The number of carbonyl (C=O) groups is 2. The average molecular weight is 625 g/mol. The number of aryl methyl sites for hydroxylation is 1. The summed E-state index contributed by atoms with van der Waals surface area (Å²) in [7, 11) is -4.26. The highest BCUT2D eigenvalue weighted by Gasteiger charge is 2.33. The Labute approximate surface area is 251 Å². The van der Waals surface area contributed by atoms with E-state index in [2.05, 4.69) is 5.32 Å². The first-order chi connectivity index (χ1) is 18.8. The van der Waals surface area contributed by atoms with Crippen molar-refractivity contribution in [3.8, 4) is 0 Å². The molecular weight excluding hydrogens is 593 g/mol. The summed E-state index contributed by atoms with van der Waals surface area (Å²) in [6.45, 7) is 7.23. The number of hydrogen-bond acceptors (Lipinski definition) is 4. The average Bonchev–Trinajstić information content (AvgIpc) is 2.91. The predicted octanol–water partition coefficient (Wildman–Crippen LogP) is 6.34. The van der Waals surface area contributed by atoms with E-state index < -0.39 is 28.5 Å². The van der Waals surface area contributed by atoms with Gasteiger partial charge in [-0.2, -0.15) is 0 Å².